The molecule has 17 heavy (non-hydrogen) atoms. The standard InChI is InChI=1S/C13H10BrClO2/c1-2-9-4-6-12(17-9)13(16)10-7-8(15)3-5-11(10)14/h3-7H,2H2,1H3. The number of benzene rings is 1. The van der Waals surface area contributed by atoms with Gasteiger partial charge in [0.2, 0.25) is 5.78 Å². The molecule has 0 aliphatic rings. The maximum atomic E-state index is 12.2. The van der Waals surface area contributed by atoms with E-state index in [1.54, 1.807) is 24.3 Å². The summed E-state index contributed by atoms with van der Waals surface area (Å²) in [6, 6.07) is 8.60. The van der Waals surface area contributed by atoms with E-state index in [9.17, 15) is 4.79 Å². The van der Waals surface area contributed by atoms with Gasteiger partial charge in [-0.15, -0.1) is 0 Å². The van der Waals surface area contributed by atoms with E-state index in [1.807, 2.05) is 13.0 Å². The number of furan rings is 1. The van der Waals surface area contributed by atoms with Crippen molar-refractivity contribution in [3.8, 4) is 0 Å². The molecule has 1 heterocycles. The number of carbonyl (C=O) groups excluding carboxylic acids is 1. The Morgan fingerprint density at radius 1 is 1.35 bits per heavy atom. The summed E-state index contributed by atoms with van der Waals surface area (Å²) in [6.07, 6.45) is 0.768. The normalized spacial score (nSPS) is 10.5. The highest BCUT2D eigenvalue weighted by atomic mass is 79.9. The van der Waals surface area contributed by atoms with Gasteiger partial charge in [0.25, 0.3) is 0 Å². The van der Waals surface area contributed by atoms with Gasteiger partial charge < -0.3 is 4.42 Å². The molecule has 1 aromatic heterocycles. The minimum absolute atomic E-state index is 0.168. The first kappa shape index (κ1) is 12.4. The summed E-state index contributed by atoms with van der Waals surface area (Å²) < 4.78 is 6.14. The lowest BCUT2D eigenvalue weighted by Gasteiger charge is -2.02. The first-order valence-corrected chi connectivity index (χ1v) is 6.37. The zero-order valence-corrected chi connectivity index (χ0v) is 11.5. The van der Waals surface area contributed by atoms with Gasteiger partial charge >= 0.3 is 0 Å². The molecule has 0 amide bonds. The van der Waals surface area contributed by atoms with Gasteiger partial charge in [0, 0.05) is 21.5 Å². The number of ketones is 1. The second-order valence-electron chi connectivity index (χ2n) is 3.57. The zero-order chi connectivity index (χ0) is 12.4. The lowest BCUT2D eigenvalue weighted by Crippen LogP contribution is -2.00. The third-order valence-corrected chi connectivity index (χ3v) is 3.33. The maximum Gasteiger partial charge on any atom is 0.229 e. The van der Waals surface area contributed by atoms with Crippen molar-refractivity contribution < 1.29 is 9.21 Å². The summed E-state index contributed by atoms with van der Waals surface area (Å²) in [7, 11) is 0. The third-order valence-electron chi connectivity index (χ3n) is 2.41. The second-order valence-corrected chi connectivity index (χ2v) is 4.86. The Labute approximate surface area is 113 Å². The smallest absolute Gasteiger partial charge is 0.229 e. The Hall–Kier alpha value is -1.06. The van der Waals surface area contributed by atoms with E-state index in [-0.39, 0.29) is 5.78 Å². The summed E-state index contributed by atoms with van der Waals surface area (Å²) in [4.78, 5) is 12.2. The molecule has 2 nitrogen and oxygen atoms in total. The Bertz CT molecular complexity index is 560. The van der Waals surface area contributed by atoms with E-state index in [4.69, 9.17) is 16.0 Å². The lowest BCUT2D eigenvalue weighted by molar-refractivity contribution is 0.101. The van der Waals surface area contributed by atoms with Crippen LogP contribution in [0.1, 0.15) is 28.8 Å². The van der Waals surface area contributed by atoms with Crippen LogP contribution in [0, 0.1) is 0 Å². The average Bonchev–Trinajstić information content (AvgIpc) is 2.80. The van der Waals surface area contributed by atoms with Crippen LogP contribution < -0.4 is 0 Å². The fourth-order valence-electron chi connectivity index (χ4n) is 1.49. The molecule has 0 spiro atoms. The van der Waals surface area contributed by atoms with E-state index in [2.05, 4.69) is 15.9 Å². The van der Waals surface area contributed by atoms with Gasteiger partial charge in [0.15, 0.2) is 5.76 Å². The van der Waals surface area contributed by atoms with E-state index in [1.165, 1.54) is 0 Å². The first-order chi connectivity index (χ1) is 8.11. The van der Waals surface area contributed by atoms with Crippen LogP contribution in [0.15, 0.2) is 39.2 Å². The third kappa shape index (κ3) is 2.61. The molecule has 0 unspecified atom stereocenters. The van der Waals surface area contributed by atoms with Gasteiger partial charge in [-0.3, -0.25) is 4.79 Å². The molecular weight excluding hydrogens is 303 g/mol. The van der Waals surface area contributed by atoms with Crippen LogP contribution in [0.25, 0.3) is 0 Å². The molecule has 0 saturated heterocycles. The highest BCUT2D eigenvalue weighted by Gasteiger charge is 2.16. The maximum absolute atomic E-state index is 12.2. The van der Waals surface area contributed by atoms with Crippen LogP contribution in [0.2, 0.25) is 5.02 Å². The number of aryl methyl sites for hydroxylation is 1. The second kappa shape index (κ2) is 5.07. The van der Waals surface area contributed by atoms with Crippen LogP contribution in [0.4, 0.5) is 0 Å². The minimum Gasteiger partial charge on any atom is -0.458 e. The molecule has 0 bridgehead atoms. The SMILES string of the molecule is CCc1ccc(C(=O)c2cc(Cl)ccc2Br)o1. The zero-order valence-electron chi connectivity index (χ0n) is 9.17. The van der Waals surface area contributed by atoms with Crippen molar-refractivity contribution in [2.75, 3.05) is 0 Å². The summed E-state index contributed by atoms with van der Waals surface area (Å²) in [5, 5.41) is 0.527. The predicted molar refractivity (Wildman–Crippen MR) is 70.7 cm³/mol. The molecule has 0 aliphatic heterocycles. The molecule has 4 heteroatoms. The largest absolute Gasteiger partial charge is 0.458 e. The van der Waals surface area contributed by atoms with Crippen LogP contribution in [-0.2, 0) is 6.42 Å². The molecule has 88 valence electrons. The molecule has 0 fully saturated rings. The molecule has 0 radical (unpaired) electrons. The molecule has 2 rings (SSSR count). The van der Waals surface area contributed by atoms with E-state index < -0.39 is 0 Å². The number of carbonyl (C=O) groups is 1. The number of halogens is 2. The summed E-state index contributed by atoms with van der Waals surface area (Å²) in [5.41, 5.74) is 0.509. The monoisotopic (exact) mass is 312 g/mol. The van der Waals surface area contributed by atoms with Crippen molar-refractivity contribution in [1.29, 1.82) is 0 Å². The van der Waals surface area contributed by atoms with Gasteiger partial charge in [-0.2, -0.15) is 0 Å². The Balaban J connectivity index is 2.39. The quantitative estimate of drug-likeness (QED) is 0.782. The minimum atomic E-state index is -0.168. The summed E-state index contributed by atoms with van der Waals surface area (Å²) >= 11 is 9.21. The van der Waals surface area contributed by atoms with E-state index in [0.29, 0.717) is 20.8 Å². The topological polar surface area (TPSA) is 30.2 Å². The predicted octanol–water partition coefficient (Wildman–Crippen LogP) is 4.49. The molecule has 0 atom stereocenters. The fraction of sp³-hybridized carbons (Fsp3) is 0.154. The van der Waals surface area contributed by atoms with Crippen molar-refractivity contribution in [1.82, 2.24) is 0 Å². The van der Waals surface area contributed by atoms with Crippen molar-refractivity contribution in [3.63, 3.8) is 0 Å². The van der Waals surface area contributed by atoms with Crippen LogP contribution in [-0.4, -0.2) is 5.78 Å². The highest BCUT2D eigenvalue weighted by Crippen LogP contribution is 2.24. The Kier molecular flexibility index (Phi) is 3.69. The van der Waals surface area contributed by atoms with Crippen molar-refractivity contribution in [2.24, 2.45) is 0 Å². The number of hydrogen-bond acceptors (Lipinski definition) is 2. The van der Waals surface area contributed by atoms with Crippen LogP contribution in [0.3, 0.4) is 0 Å². The van der Waals surface area contributed by atoms with Crippen molar-refractivity contribution in [2.45, 2.75) is 13.3 Å². The molecule has 0 aliphatic carbocycles. The molecular formula is C13H10BrClO2. The van der Waals surface area contributed by atoms with Gasteiger partial charge in [-0.05, 0) is 30.3 Å². The van der Waals surface area contributed by atoms with Crippen molar-refractivity contribution in [3.05, 3.63) is 56.9 Å². The molecule has 1 aromatic carbocycles. The Morgan fingerprint density at radius 3 is 2.76 bits per heavy atom. The number of rotatable bonds is 3. The van der Waals surface area contributed by atoms with Gasteiger partial charge in [-0.25, -0.2) is 0 Å². The number of hydrogen-bond donors (Lipinski definition) is 0. The Morgan fingerprint density at radius 2 is 2.12 bits per heavy atom. The lowest BCUT2D eigenvalue weighted by atomic mass is 10.1. The molecule has 0 saturated carbocycles. The first-order valence-electron chi connectivity index (χ1n) is 5.20. The van der Waals surface area contributed by atoms with Crippen molar-refractivity contribution >= 4 is 33.3 Å². The molecule has 2 aromatic rings. The molecule has 0 N–H and O–H groups in total. The average molecular weight is 314 g/mol. The summed E-state index contributed by atoms with van der Waals surface area (Å²) in [5.74, 6) is 0.968. The fourth-order valence-corrected chi connectivity index (χ4v) is 2.09. The van der Waals surface area contributed by atoms with Crippen LogP contribution >= 0.6 is 27.5 Å². The van der Waals surface area contributed by atoms with Gasteiger partial charge in [-0.1, -0.05) is 34.5 Å². The van der Waals surface area contributed by atoms with Crippen LogP contribution in [0.5, 0.6) is 0 Å². The van der Waals surface area contributed by atoms with Gasteiger partial charge in [0.05, 0.1) is 0 Å². The highest BCUT2D eigenvalue weighted by molar-refractivity contribution is 9.10. The summed E-state index contributed by atoms with van der Waals surface area (Å²) in [6.45, 7) is 1.97. The van der Waals surface area contributed by atoms with Gasteiger partial charge in [0.1, 0.15) is 5.76 Å². The van der Waals surface area contributed by atoms with E-state index in [0.717, 1.165) is 12.2 Å². The van der Waals surface area contributed by atoms with E-state index >= 15 is 0 Å².